The SMILES string of the molecule is CCCCCCCCCCCCCCCc1c(N)cccc1N. The molecular weight excluding hydrogens is 280 g/mol. The number of hydrogen-bond acceptors (Lipinski definition) is 2. The van der Waals surface area contributed by atoms with E-state index in [4.69, 9.17) is 11.5 Å². The Kier molecular flexibility index (Phi) is 11.5. The van der Waals surface area contributed by atoms with Crippen molar-refractivity contribution in [3.8, 4) is 0 Å². The predicted molar refractivity (Wildman–Crippen MR) is 105 cm³/mol. The van der Waals surface area contributed by atoms with Crippen LogP contribution in [-0.4, -0.2) is 0 Å². The van der Waals surface area contributed by atoms with E-state index in [1.165, 1.54) is 83.5 Å². The molecule has 0 unspecified atom stereocenters. The number of hydrogen-bond donors (Lipinski definition) is 2. The number of anilines is 2. The van der Waals surface area contributed by atoms with Crippen molar-refractivity contribution in [1.82, 2.24) is 0 Å². The van der Waals surface area contributed by atoms with Gasteiger partial charge in [0.1, 0.15) is 0 Å². The second kappa shape index (κ2) is 13.3. The maximum atomic E-state index is 5.99. The lowest BCUT2D eigenvalue weighted by Gasteiger charge is -2.08. The van der Waals surface area contributed by atoms with Crippen molar-refractivity contribution < 1.29 is 0 Å². The molecule has 0 atom stereocenters. The molecular formula is C21H38N2. The largest absolute Gasteiger partial charge is 0.398 e. The normalized spacial score (nSPS) is 11.0. The lowest BCUT2D eigenvalue weighted by Crippen LogP contribution is -2.00. The highest BCUT2D eigenvalue weighted by Gasteiger charge is 2.02. The van der Waals surface area contributed by atoms with Crippen molar-refractivity contribution in [3.63, 3.8) is 0 Å². The van der Waals surface area contributed by atoms with Crippen LogP contribution in [0.4, 0.5) is 11.4 Å². The summed E-state index contributed by atoms with van der Waals surface area (Å²) in [7, 11) is 0. The van der Waals surface area contributed by atoms with Crippen LogP contribution < -0.4 is 11.5 Å². The summed E-state index contributed by atoms with van der Waals surface area (Å²) in [4.78, 5) is 0. The minimum absolute atomic E-state index is 0.851. The average molecular weight is 319 g/mol. The molecule has 0 saturated carbocycles. The van der Waals surface area contributed by atoms with Gasteiger partial charge in [-0.1, -0.05) is 90.0 Å². The van der Waals surface area contributed by atoms with Crippen LogP contribution in [0.1, 0.15) is 96.0 Å². The van der Waals surface area contributed by atoms with E-state index in [1.807, 2.05) is 18.2 Å². The summed E-state index contributed by atoms with van der Waals surface area (Å²) in [5.41, 5.74) is 14.8. The summed E-state index contributed by atoms with van der Waals surface area (Å²) in [5.74, 6) is 0. The Morgan fingerprint density at radius 1 is 0.609 bits per heavy atom. The smallest absolute Gasteiger partial charge is 0.0367 e. The van der Waals surface area contributed by atoms with Gasteiger partial charge in [-0.2, -0.15) is 0 Å². The lowest BCUT2D eigenvalue weighted by molar-refractivity contribution is 0.539. The fourth-order valence-corrected chi connectivity index (χ4v) is 3.23. The van der Waals surface area contributed by atoms with E-state index < -0.39 is 0 Å². The molecule has 0 heterocycles. The van der Waals surface area contributed by atoms with Gasteiger partial charge < -0.3 is 11.5 Å². The molecule has 2 nitrogen and oxygen atoms in total. The molecule has 0 radical (unpaired) electrons. The van der Waals surface area contributed by atoms with Gasteiger partial charge in [0.25, 0.3) is 0 Å². The van der Waals surface area contributed by atoms with Crippen molar-refractivity contribution in [2.45, 2.75) is 96.8 Å². The number of unbranched alkanes of at least 4 members (excludes halogenated alkanes) is 12. The van der Waals surface area contributed by atoms with Crippen molar-refractivity contribution in [3.05, 3.63) is 23.8 Å². The van der Waals surface area contributed by atoms with Crippen molar-refractivity contribution in [2.75, 3.05) is 11.5 Å². The molecule has 0 amide bonds. The lowest BCUT2D eigenvalue weighted by atomic mass is 10.0. The molecule has 0 aliphatic heterocycles. The van der Waals surface area contributed by atoms with Gasteiger partial charge in [-0.05, 0) is 30.5 Å². The molecule has 0 fully saturated rings. The summed E-state index contributed by atoms with van der Waals surface area (Å²) in [6, 6.07) is 5.83. The van der Waals surface area contributed by atoms with Gasteiger partial charge in [0, 0.05) is 11.4 Å². The van der Waals surface area contributed by atoms with Crippen LogP contribution in [0.15, 0.2) is 18.2 Å². The van der Waals surface area contributed by atoms with Crippen molar-refractivity contribution >= 4 is 11.4 Å². The predicted octanol–water partition coefficient (Wildman–Crippen LogP) is 6.48. The highest BCUT2D eigenvalue weighted by atomic mass is 14.6. The molecule has 0 spiro atoms. The van der Waals surface area contributed by atoms with Gasteiger partial charge in [0.05, 0.1) is 0 Å². The zero-order valence-electron chi connectivity index (χ0n) is 15.3. The van der Waals surface area contributed by atoms with E-state index in [9.17, 15) is 0 Å². The van der Waals surface area contributed by atoms with E-state index in [-0.39, 0.29) is 0 Å². The first-order chi connectivity index (χ1) is 11.3. The Morgan fingerprint density at radius 3 is 1.43 bits per heavy atom. The van der Waals surface area contributed by atoms with E-state index in [2.05, 4.69) is 6.92 Å². The van der Waals surface area contributed by atoms with Crippen LogP contribution in [0.25, 0.3) is 0 Å². The van der Waals surface area contributed by atoms with Gasteiger partial charge in [0.15, 0.2) is 0 Å². The number of nitrogens with two attached hydrogens (primary N) is 2. The monoisotopic (exact) mass is 318 g/mol. The molecule has 0 aliphatic carbocycles. The van der Waals surface area contributed by atoms with Crippen LogP contribution in [0, 0.1) is 0 Å². The minimum Gasteiger partial charge on any atom is -0.398 e. The molecule has 2 heteroatoms. The topological polar surface area (TPSA) is 52.0 Å². The molecule has 0 aromatic heterocycles. The quantitative estimate of drug-likeness (QED) is 0.304. The van der Waals surface area contributed by atoms with E-state index in [0.717, 1.165) is 23.4 Å². The average Bonchev–Trinajstić information content (AvgIpc) is 2.54. The first-order valence-electron chi connectivity index (χ1n) is 9.88. The van der Waals surface area contributed by atoms with Gasteiger partial charge in [0.2, 0.25) is 0 Å². The van der Waals surface area contributed by atoms with Gasteiger partial charge in [-0.25, -0.2) is 0 Å². The van der Waals surface area contributed by atoms with Gasteiger partial charge in [-0.15, -0.1) is 0 Å². The maximum Gasteiger partial charge on any atom is 0.0367 e. The van der Waals surface area contributed by atoms with Crippen LogP contribution in [0.2, 0.25) is 0 Å². The Hall–Kier alpha value is -1.18. The molecule has 23 heavy (non-hydrogen) atoms. The van der Waals surface area contributed by atoms with E-state index >= 15 is 0 Å². The Balaban J connectivity index is 1.88. The fourth-order valence-electron chi connectivity index (χ4n) is 3.23. The highest BCUT2D eigenvalue weighted by Crippen LogP contribution is 2.22. The Bertz CT molecular complexity index is 381. The van der Waals surface area contributed by atoms with Crippen molar-refractivity contribution in [1.29, 1.82) is 0 Å². The molecule has 0 aliphatic rings. The maximum absolute atomic E-state index is 5.99. The molecule has 4 N–H and O–H groups in total. The summed E-state index contributed by atoms with van der Waals surface area (Å²) in [6.45, 7) is 2.28. The second-order valence-electron chi connectivity index (χ2n) is 6.91. The van der Waals surface area contributed by atoms with Crippen LogP contribution in [-0.2, 0) is 6.42 Å². The molecule has 0 saturated heterocycles. The van der Waals surface area contributed by atoms with Crippen LogP contribution >= 0.6 is 0 Å². The summed E-state index contributed by atoms with van der Waals surface area (Å²) < 4.78 is 0. The fraction of sp³-hybridized carbons (Fsp3) is 0.714. The van der Waals surface area contributed by atoms with Crippen molar-refractivity contribution in [2.24, 2.45) is 0 Å². The Morgan fingerprint density at radius 2 is 1.00 bits per heavy atom. The van der Waals surface area contributed by atoms with E-state index in [1.54, 1.807) is 0 Å². The molecule has 0 bridgehead atoms. The first kappa shape index (κ1) is 19.9. The molecule has 132 valence electrons. The molecule has 1 aromatic carbocycles. The first-order valence-corrected chi connectivity index (χ1v) is 9.88. The van der Waals surface area contributed by atoms with Crippen LogP contribution in [0.3, 0.4) is 0 Å². The summed E-state index contributed by atoms with van der Waals surface area (Å²) in [6.07, 6.45) is 19.1. The number of nitrogen functional groups attached to an aromatic ring is 2. The van der Waals surface area contributed by atoms with E-state index in [0.29, 0.717) is 0 Å². The summed E-state index contributed by atoms with van der Waals surface area (Å²) >= 11 is 0. The summed E-state index contributed by atoms with van der Waals surface area (Å²) in [5, 5.41) is 0. The van der Waals surface area contributed by atoms with Crippen LogP contribution in [0.5, 0.6) is 0 Å². The molecule has 1 aromatic rings. The second-order valence-corrected chi connectivity index (χ2v) is 6.91. The third-order valence-electron chi connectivity index (χ3n) is 4.78. The van der Waals surface area contributed by atoms with Gasteiger partial charge >= 0.3 is 0 Å². The third-order valence-corrected chi connectivity index (χ3v) is 4.78. The zero-order valence-corrected chi connectivity index (χ0v) is 15.3. The highest BCUT2D eigenvalue weighted by molar-refractivity contribution is 5.61. The number of rotatable bonds is 14. The standard InChI is InChI=1S/C21H38N2/c1-2-3-4-5-6-7-8-9-10-11-12-13-14-16-19-20(22)17-15-18-21(19)23/h15,17-18H,2-14,16,22-23H2,1H3. The Labute approximate surface area is 144 Å². The minimum atomic E-state index is 0.851. The third kappa shape index (κ3) is 9.53. The zero-order chi connectivity index (χ0) is 16.8. The van der Waals surface area contributed by atoms with Gasteiger partial charge in [-0.3, -0.25) is 0 Å². The number of benzene rings is 1. The molecule has 1 rings (SSSR count).